The summed E-state index contributed by atoms with van der Waals surface area (Å²) < 4.78 is 28.3. The molecule has 0 aliphatic carbocycles. The van der Waals surface area contributed by atoms with Crippen molar-refractivity contribution in [1.29, 1.82) is 0 Å². The van der Waals surface area contributed by atoms with Crippen LogP contribution in [0.5, 0.6) is 5.75 Å². The first kappa shape index (κ1) is 16.2. The minimum absolute atomic E-state index is 0.0453. The van der Waals surface area contributed by atoms with Gasteiger partial charge in [-0.15, -0.1) is 11.3 Å². The van der Waals surface area contributed by atoms with E-state index in [-0.39, 0.29) is 24.2 Å². The Balaban J connectivity index is 1.78. The van der Waals surface area contributed by atoms with Crippen molar-refractivity contribution in [3.05, 3.63) is 46.7 Å². The van der Waals surface area contributed by atoms with Gasteiger partial charge in [0.15, 0.2) is 0 Å². The maximum absolute atomic E-state index is 12.0. The number of hydrogen-bond donors (Lipinski definition) is 2. The number of benzene rings is 1. The number of nitrogens with one attached hydrogen (secondary N) is 2. The third-order valence-electron chi connectivity index (χ3n) is 2.88. The Hall–Kier alpha value is -2.15. The number of alkyl halides is 2. The van der Waals surface area contributed by atoms with Crippen molar-refractivity contribution >= 4 is 22.9 Å². The van der Waals surface area contributed by atoms with E-state index in [9.17, 15) is 13.6 Å². The molecule has 7 heteroatoms. The molecule has 0 aliphatic rings. The molecule has 0 saturated carbocycles. The maximum atomic E-state index is 12.0. The van der Waals surface area contributed by atoms with E-state index in [2.05, 4.69) is 15.4 Å². The van der Waals surface area contributed by atoms with Crippen molar-refractivity contribution in [2.45, 2.75) is 19.6 Å². The van der Waals surface area contributed by atoms with Crippen molar-refractivity contribution in [2.24, 2.45) is 0 Å². The second-order valence-electron chi connectivity index (χ2n) is 4.56. The second kappa shape index (κ2) is 7.74. The van der Waals surface area contributed by atoms with Gasteiger partial charge in [-0.2, -0.15) is 8.78 Å². The zero-order chi connectivity index (χ0) is 15.9. The van der Waals surface area contributed by atoms with Gasteiger partial charge in [0.1, 0.15) is 5.75 Å². The molecule has 1 aromatic carbocycles. The Labute approximate surface area is 131 Å². The van der Waals surface area contributed by atoms with Gasteiger partial charge in [0, 0.05) is 10.6 Å². The first-order valence-corrected chi connectivity index (χ1v) is 7.54. The van der Waals surface area contributed by atoms with Gasteiger partial charge in [0.25, 0.3) is 0 Å². The number of carbonyl (C=O) groups excluding carboxylic acids is 1. The lowest BCUT2D eigenvalue weighted by molar-refractivity contribution is -0.120. The van der Waals surface area contributed by atoms with Crippen LogP contribution in [0.4, 0.5) is 14.5 Å². The molecular weight excluding hydrogens is 310 g/mol. The second-order valence-corrected chi connectivity index (χ2v) is 5.54. The lowest BCUT2D eigenvalue weighted by atomic mass is 10.2. The molecule has 0 radical (unpaired) electrons. The molecular formula is C15H16F2N2O2S. The predicted octanol–water partition coefficient (Wildman–Crippen LogP) is 3.64. The summed E-state index contributed by atoms with van der Waals surface area (Å²) in [6.45, 7) is -0.825. The molecule has 2 aromatic rings. The molecule has 1 unspecified atom stereocenters. The van der Waals surface area contributed by atoms with Crippen LogP contribution in [0, 0.1) is 0 Å². The molecule has 4 nitrogen and oxygen atoms in total. The van der Waals surface area contributed by atoms with Gasteiger partial charge in [0.2, 0.25) is 5.91 Å². The normalized spacial score (nSPS) is 12.0. The molecule has 0 aliphatic heterocycles. The van der Waals surface area contributed by atoms with Crippen LogP contribution in [-0.2, 0) is 4.79 Å². The summed E-state index contributed by atoms with van der Waals surface area (Å²) in [5.74, 6) is -0.0647. The number of rotatable bonds is 7. The van der Waals surface area contributed by atoms with Crippen LogP contribution in [0.1, 0.15) is 17.8 Å². The minimum Gasteiger partial charge on any atom is -0.435 e. The topological polar surface area (TPSA) is 50.4 Å². The van der Waals surface area contributed by atoms with E-state index in [1.807, 2.05) is 24.4 Å². The monoisotopic (exact) mass is 326 g/mol. The van der Waals surface area contributed by atoms with Crippen LogP contribution in [0.25, 0.3) is 0 Å². The summed E-state index contributed by atoms with van der Waals surface area (Å²) in [5.41, 5.74) is 0.653. The first-order valence-electron chi connectivity index (χ1n) is 6.66. The van der Waals surface area contributed by atoms with Crippen molar-refractivity contribution in [2.75, 3.05) is 11.9 Å². The molecule has 1 aromatic heterocycles. The Kier molecular flexibility index (Phi) is 5.71. The van der Waals surface area contributed by atoms with Crippen LogP contribution < -0.4 is 15.4 Å². The van der Waals surface area contributed by atoms with Gasteiger partial charge in [-0.1, -0.05) is 6.07 Å². The predicted molar refractivity (Wildman–Crippen MR) is 82.4 cm³/mol. The molecule has 0 bridgehead atoms. The van der Waals surface area contributed by atoms with Crippen LogP contribution in [0.3, 0.4) is 0 Å². The van der Waals surface area contributed by atoms with Crippen molar-refractivity contribution in [3.63, 3.8) is 0 Å². The van der Waals surface area contributed by atoms with E-state index < -0.39 is 6.61 Å². The molecule has 22 heavy (non-hydrogen) atoms. The highest BCUT2D eigenvalue weighted by molar-refractivity contribution is 7.10. The van der Waals surface area contributed by atoms with Crippen LogP contribution in [-0.4, -0.2) is 19.1 Å². The van der Waals surface area contributed by atoms with Crippen LogP contribution in [0.15, 0.2) is 41.8 Å². The highest BCUT2D eigenvalue weighted by atomic mass is 32.1. The lowest BCUT2D eigenvalue weighted by Gasteiger charge is -2.13. The summed E-state index contributed by atoms with van der Waals surface area (Å²) in [4.78, 5) is 12.9. The fourth-order valence-electron chi connectivity index (χ4n) is 1.84. The largest absolute Gasteiger partial charge is 0.435 e. The minimum atomic E-state index is -2.84. The molecule has 1 amide bonds. The summed E-state index contributed by atoms with van der Waals surface area (Å²) >= 11 is 1.58. The van der Waals surface area contributed by atoms with Gasteiger partial charge in [0.05, 0.1) is 12.6 Å². The number of thiophene rings is 1. The van der Waals surface area contributed by atoms with Crippen LogP contribution in [0.2, 0.25) is 0 Å². The Morgan fingerprint density at radius 2 is 2.00 bits per heavy atom. The molecule has 1 atom stereocenters. The van der Waals surface area contributed by atoms with E-state index in [0.717, 1.165) is 4.88 Å². The maximum Gasteiger partial charge on any atom is 0.387 e. The average molecular weight is 326 g/mol. The smallest absolute Gasteiger partial charge is 0.387 e. The Morgan fingerprint density at radius 3 is 2.59 bits per heavy atom. The molecule has 0 saturated heterocycles. The molecule has 2 N–H and O–H groups in total. The zero-order valence-electron chi connectivity index (χ0n) is 11.9. The van der Waals surface area contributed by atoms with Crippen molar-refractivity contribution in [3.8, 4) is 5.75 Å². The van der Waals surface area contributed by atoms with E-state index in [4.69, 9.17) is 0 Å². The highest BCUT2D eigenvalue weighted by Crippen LogP contribution is 2.19. The van der Waals surface area contributed by atoms with Crippen molar-refractivity contribution < 1.29 is 18.3 Å². The van der Waals surface area contributed by atoms with Crippen LogP contribution >= 0.6 is 11.3 Å². The molecule has 0 fully saturated rings. The summed E-state index contributed by atoms with van der Waals surface area (Å²) in [5, 5.41) is 7.76. The van der Waals surface area contributed by atoms with Gasteiger partial charge < -0.3 is 15.4 Å². The van der Waals surface area contributed by atoms with Gasteiger partial charge in [-0.3, -0.25) is 4.79 Å². The summed E-state index contributed by atoms with van der Waals surface area (Å²) in [7, 11) is 0. The van der Waals surface area contributed by atoms with Gasteiger partial charge in [-0.25, -0.2) is 0 Å². The molecule has 2 rings (SSSR count). The highest BCUT2D eigenvalue weighted by Gasteiger charge is 2.10. The first-order chi connectivity index (χ1) is 10.5. The van der Waals surface area contributed by atoms with E-state index in [1.165, 1.54) is 12.1 Å². The summed E-state index contributed by atoms with van der Waals surface area (Å²) in [6, 6.07) is 9.84. The fourth-order valence-corrected chi connectivity index (χ4v) is 2.57. The Morgan fingerprint density at radius 1 is 1.27 bits per heavy atom. The fraction of sp³-hybridized carbons (Fsp3) is 0.267. The number of halogens is 2. The Bertz CT molecular complexity index is 588. The van der Waals surface area contributed by atoms with E-state index >= 15 is 0 Å². The number of amides is 1. The number of carbonyl (C=O) groups is 1. The zero-order valence-corrected chi connectivity index (χ0v) is 12.7. The number of hydrogen-bond acceptors (Lipinski definition) is 4. The third-order valence-corrected chi connectivity index (χ3v) is 3.94. The molecule has 1 heterocycles. The van der Waals surface area contributed by atoms with E-state index in [0.29, 0.717) is 5.69 Å². The number of anilines is 1. The number of ether oxygens (including phenoxy) is 1. The quantitative estimate of drug-likeness (QED) is 0.817. The standard InChI is InChI=1S/C15H16F2N2O2S/c1-10(13-3-2-8-22-13)19-14(20)9-18-11-4-6-12(7-5-11)21-15(16)17/h2-8,10,15,18H,9H2,1H3,(H,19,20). The summed E-state index contributed by atoms with van der Waals surface area (Å²) in [6.07, 6.45) is 0. The SMILES string of the molecule is CC(NC(=O)CNc1ccc(OC(F)F)cc1)c1cccs1. The molecule has 118 valence electrons. The van der Waals surface area contributed by atoms with Gasteiger partial charge in [-0.05, 0) is 42.6 Å². The van der Waals surface area contributed by atoms with Gasteiger partial charge >= 0.3 is 6.61 Å². The lowest BCUT2D eigenvalue weighted by Crippen LogP contribution is -2.31. The molecule has 0 spiro atoms. The van der Waals surface area contributed by atoms with E-state index in [1.54, 1.807) is 23.5 Å². The third kappa shape index (κ3) is 5.00. The average Bonchev–Trinajstić information content (AvgIpc) is 3.00. The van der Waals surface area contributed by atoms with Crippen molar-refractivity contribution in [1.82, 2.24) is 5.32 Å².